The van der Waals surface area contributed by atoms with Crippen molar-refractivity contribution in [1.29, 1.82) is 0 Å². The van der Waals surface area contributed by atoms with Crippen molar-refractivity contribution in [3.63, 3.8) is 0 Å². The maximum absolute atomic E-state index is 12.0. The van der Waals surface area contributed by atoms with E-state index in [2.05, 4.69) is 16.8 Å². The van der Waals surface area contributed by atoms with Gasteiger partial charge >= 0.3 is 6.09 Å². The number of nitrogens with two attached hydrogens (primary N) is 1. The molecule has 1 aliphatic carbocycles. The summed E-state index contributed by atoms with van der Waals surface area (Å²) in [6.45, 7) is 11.4. The van der Waals surface area contributed by atoms with Gasteiger partial charge in [-0.15, -0.1) is 0 Å². The van der Waals surface area contributed by atoms with Gasteiger partial charge in [-0.2, -0.15) is 0 Å². The lowest BCUT2D eigenvalue weighted by Gasteiger charge is -2.38. The third kappa shape index (κ3) is 4.52. The Morgan fingerprint density at radius 3 is 2.18 bits per heavy atom. The lowest BCUT2D eigenvalue weighted by Crippen LogP contribution is -2.53. The van der Waals surface area contributed by atoms with Gasteiger partial charge in [0.1, 0.15) is 5.60 Å². The van der Waals surface area contributed by atoms with Crippen LogP contribution < -0.4 is 5.73 Å². The minimum atomic E-state index is -0.451. The van der Waals surface area contributed by atoms with Gasteiger partial charge in [-0.1, -0.05) is 13.3 Å². The first-order valence-corrected chi connectivity index (χ1v) is 8.21. The van der Waals surface area contributed by atoms with Crippen LogP contribution in [0.4, 0.5) is 4.79 Å². The van der Waals surface area contributed by atoms with E-state index in [9.17, 15) is 4.79 Å². The molecule has 1 saturated carbocycles. The van der Waals surface area contributed by atoms with Crippen molar-refractivity contribution >= 4 is 12.1 Å². The summed E-state index contributed by atoms with van der Waals surface area (Å²) in [6, 6.07) is 0. The molecule has 1 amide bonds. The topological polar surface area (TPSA) is 71.2 Å². The molecule has 2 aliphatic rings. The monoisotopic (exact) mass is 310 g/mol. The minimum absolute atomic E-state index is 0.246. The molecule has 0 aromatic heterocycles. The standard InChI is InChI=1S/C16H30N4O2/c1-15(2,3)22-14(21)20-10-8-19(9-11-20)13(17)18-12-16(4)6-5-7-16/h5-12H2,1-4H3,(H2,17,18). The number of nitrogens with zero attached hydrogens (tertiary/aromatic N) is 3. The van der Waals surface area contributed by atoms with Crippen molar-refractivity contribution < 1.29 is 9.53 Å². The molecule has 0 atom stereocenters. The predicted molar refractivity (Wildman–Crippen MR) is 87.8 cm³/mol. The molecule has 2 N–H and O–H groups in total. The summed E-state index contributed by atoms with van der Waals surface area (Å²) in [5.41, 5.74) is 6.00. The average molecular weight is 310 g/mol. The normalized spacial score (nSPS) is 22.3. The highest BCUT2D eigenvalue weighted by Gasteiger charge is 2.32. The Kier molecular flexibility index (Phi) is 4.87. The third-order valence-corrected chi connectivity index (χ3v) is 4.44. The largest absolute Gasteiger partial charge is 0.444 e. The number of aliphatic imine (C=N–C) groups is 1. The van der Waals surface area contributed by atoms with E-state index >= 15 is 0 Å². The highest BCUT2D eigenvalue weighted by atomic mass is 16.6. The van der Waals surface area contributed by atoms with E-state index in [-0.39, 0.29) is 6.09 Å². The van der Waals surface area contributed by atoms with Crippen molar-refractivity contribution in [2.24, 2.45) is 16.1 Å². The van der Waals surface area contributed by atoms with Crippen LogP contribution in [0.1, 0.15) is 47.0 Å². The first-order chi connectivity index (χ1) is 10.2. The SMILES string of the molecule is CC1(CN=C(N)N2CCN(C(=O)OC(C)(C)C)CC2)CCC1. The molecular formula is C16H30N4O2. The van der Waals surface area contributed by atoms with Crippen molar-refractivity contribution in [2.45, 2.75) is 52.6 Å². The predicted octanol–water partition coefficient (Wildman–Crippen LogP) is 2.04. The number of carbonyl (C=O) groups excluding carboxylic acids is 1. The van der Waals surface area contributed by atoms with E-state index in [0.29, 0.717) is 37.6 Å². The Balaban J connectivity index is 1.78. The van der Waals surface area contributed by atoms with Crippen molar-refractivity contribution in [1.82, 2.24) is 9.80 Å². The quantitative estimate of drug-likeness (QED) is 0.626. The van der Waals surface area contributed by atoms with E-state index in [0.717, 1.165) is 6.54 Å². The lowest BCUT2D eigenvalue weighted by atomic mass is 9.71. The van der Waals surface area contributed by atoms with Crippen molar-refractivity contribution in [2.75, 3.05) is 32.7 Å². The fourth-order valence-electron chi connectivity index (χ4n) is 2.75. The first-order valence-electron chi connectivity index (χ1n) is 8.21. The van der Waals surface area contributed by atoms with Crippen LogP contribution >= 0.6 is 0 Å². The van der Waals surface area contributed by atoms with Crippen LogP contribution in [0.25, 0.3) is 0 Å². The second-order valence-electron chi connectivity index (χ2n) is 7.79. The first kappa shape index (κ1) is 16.9. The second kappa shape index (κ2) is 6.34. The van der Waals surface area contributed by atoms with E-state index in [1.54, 1.807) is 4.90 Å². The van der Waals surface area contributed by atoms with E-state index in [4.69, 9.17) is 10.5 Å². The molecule has 6 nitrogen and oxygen atoms in total. The Morgan fingerprint density at radius 2 is 1.73 bits per heavy atom. The van der Waals surface area contributed by atoms with E-state index in [1.165, 1.54) is 19.3 Å². The summed E-state index contributed by atoms with van der Waals surface area (Å²) in [7, 11) is 0. The molecule has 6 heteroatoms. The Hall–Kier alpha value is -1.46. The number of guanidine groups is 1. The average Bonchev–Trinajstić information content (AvgIpc) is 2.41. The number of hydrogen-bond donors (Lipinski definition) is 1. The van der Waals surface area contributed by atoms with Crippen molar-refractivity contribution in [3.05, 3.63) is 0 Å². The Morgan fingerprint density at radius 1 is 1.18 bits per heavy atom. The van der Waals surface area contributed by atoms with Gasteiger partial charge in [-0.05, 0) is 39.0 Å². The molecule has 1 saturated heterocycles. The zero-order valence-corrected chi connectivity index (χ0v) is 14.4. The summed E-state index contributed by atoms with van der Waals surface area (Å²) < 4.78 is 5.39. The summed E-state index contributed by atoms with van der Waals surface area (Å²) in [5, 5.41) is 0. The molecule has 0 spiro atoms. The van der Waals surface area contributed by atoms with E-state index in [1.807, 2.05) is 20.8 Å². The third-order valence-electron chi connectivity index (χ3n) is 4.44. The Bertz CT molecular complexity index is 430. The molecule has 2 rings (SSSR count). The van der Waals surface area contributed by atoms with Crippen LogP contribution in [0.5, 0.6) is 0 Å². The van der Waals surface area contributed by atoms with Gasteiger partial charge in [0.15, 0.2) is 5.96 Å². The number of carbonyl (C=O) groups is 1. The molecule has 0 unspecified atom stereocenters. The van der Waals surface area contributed by atoms with Crippen LogP contribution in [0.15, 0.2) is 4.99 Å². The lowest BCUT2D eigenvalue weighted by molar-refractivity contribution is 0.0186. The molecule has 126 valence electrons. The maximum atomic E-state index is 12.0. The Labute approximate surface area is 133 Å². The summed E-state index contributed by atoms with van der Waals surface area (Å²) in [5.74, 6) is 0.608. The van der Waals surface area contributed by atoms with Crippen LogP contribution in [-0.4, -0.2) is 60.2 Å². The maximum Gasteiger partial charge on any atom is 0.410 e. The highest BCUT2D eigenvalue weighted by Crippen LogP contribution is 2.40. The van der Waals surface area contributed by atoms with E-state index < -0.39 is 5.60 Å². The van der Waals surface area contributed by atoms with Gasteiger partial charge in [0.25, 0.3) is 0 Å². The number of ether oxygens (including phenoxy) is 1. The zero-order valence-electron chi connectivity index (χ0n) is 14.4. The fourth-order valence-corrected chi connectivity index (χ4v) is 2.75. The van der Waals surface area contributed by atoms with Crippen LogP contribution in [-0.2, 0) is 4.74 Å². The highest BCUT2D eigenvalue weighted by molar-refractivity contribution is 5.78. The zero-order chi connectivity index (χ0) is 16.4. The molecule has 0 aromatic rings. The molecular weight excluding hydrogens is 280 g/mol. The minimum Gasteiger partial charge on any atom is -0.444 e. The number of hydrogen-bond acceptors (Lipinski definition) is 3. The van der Waals surface area contributed by atoms with Crippen LogP contribution in [0.3, 0.4) is 0 Å². The molecule has 0 aromatic carbocycles. The fraction of sp³-hybridized carbons (Fsp3) is 0.875. The molecule has 1 heterocycles. The number of amides is 1. The van der Waals surface area contributed by atoms with Crippen LogP contribution in [0, 0.1) is 5.41 Å². The molecule has 0 bridgehead atoms. The van der Waals surface area contributed by atoms with Crippen LogP contribution in [0.2, 0.25) is 0 Å². The van der Waals surface area contributed by atoms with Gasteiger partial charge in [-0.25, -0.2) is 4.79 Å². The summed E-state index contributed by atoms with van der Waals surface area (Å²) in [4.78, 5) is 20.4. The molecule has 2 fully saturated rings. The number of rotatable bonds is 2. The summed E-state index contributed by atoms with van der Waals surface area (Å²) >= 11 is 0. The second-order valence-corrected chi connectivity index (χ2v) is 7.79. The molecule has 22 heavy (non-hydrogen) atoms. The van der Waals surface area contributed by atoms with Crippen molar-refractivity contribution in [3.8, 4) is 0 Å². The molecule has 1 aliphatic heterocycles. The smallest absolute Gasteiger partial charge is 0.410 e. The summed E-state index contributed by atoms with van der Waals surface area (Å²) in [6.07, 6.45) is 3.55. The number of piperazine rings is 1. The van der Waals surface area contributed by atoms with Gasteiger partial charge in [0.2, 0.25) is 0 Å². The van der Waals surface area contributed by atoms with Gasteiger partial charge in [-0.3, -0.25) is 4.99 Å². The van der Waals surface area contributed by atoms with Gasteiger partial charge in [0.05, 0.1) is 0 Å². The molecule has 0 radical (unpaired) electrons. The van der Waals surface area contributed by atoms with Gasteiger partial charge < -0.3 is 20.3 Å². The van der Waals surface area contributed by atoms with Gasteiger partial charge in [0, 0.05) is 32.7 Å².